The van der Waals surface area contributed by atoms with Gasteiger partial charge in [-0.05, 0) is 32.4 Å². The minimum absolute atomic E-state index is 0. The molecule has 2 rings (SSSR count). The van der Waals surface area contributed by atoms with E-state index in [0.717, 1.165) is 41.1 Å². The first kappa shape index (κ1) is 25.6. The van der Waals surface area contributed by atoms with Crippen molar-refractivity contribution in [3.8, 4) is 0 Å². The first-order valence-electron chi connectivity index (χ1n) is 9.61. The van der Waals surface area contributed by atoms with Crippen LogP contribution in [0.25, 0.3) is 0 Å². The number of thiazole rings is 1. The number of hydrogen-bond donors (Lipinski definition) is 1. The van der Waals surface area contributed by atoms with Crippen LogP contribution in [0.4, 0.5) is 5.82 Å². The average Bonchev–Trinajstić information content (AvgIpc) is 3.18. The molecule has 1 N–H and O–H groups in total. The number of aliphatic imine (C=N–C) groups is 1. The van der Waals surface area contributed by atoms with Crippen molar-refractivity contribution in [3.05, 3.63) is 40.0 Å². The molecule has 2 aromatic heterocycles. The Kier molecular flexibility index (Phi) is 11.4. The van der Waals surface area contributed by atoms with E-state index in [-0.39, 0.29) is 30.1 Å². The number of pyridine rings is 1. The molecule has 0 aliphatic heterocycles. The fourth-order valence-electron chi connectivity index (χ4n) is 2.82. The molecule has 1 unspecified atom stereocenters. The third-order valence-electron chi connectivity index (χ3n) is 4.59. The number of methoxy groups -OCH3 is 1. The number of aromatic nitrogens is 2. The molecule has 0 aliphatic carbocycles. The van der Waals surface area contributed by atoms with Crippen molar-refractivity contribution in [2.24, 2.45) is 4.99 Å². The number of ether oxygens (including phenoxy) is 1. The molecule has 0 amide bonds. The summed E-state index contributed by atoms with van der Waals surface area (Å²) in [7, 11) is 5.50. The molecule has 0 spiro atoms. The molecule has 0 aromatic carbocycles. The first-order valence-corrected chi connectivity index (χ1v) is 10.5. The highest BCUT2D eigenvalue weighted by Gasteiger charge is 2.13. The summed E-state index contributed by atoms with van der Waals surface area (Å²) in [4.78, 5) is 17.9. The van der Waals surface area contributed by atoms with Crippen molar-refractivity contribution >= 4 is 47.1 Å². The number of hydrogen-bond acceptors (Lipinski definition) is 6. The number of halogens is 1. The van der Waals surface area contributed by atoms with Crippen molar-refractivity contribution in [1.29, 1.82) is 0 Å². The van der Waals surface area contributed by atoms with Crippen LogP contribution in [0.15, 0.2) is 28.7 Å². The van der Waals surface area contributed by atoms with Gasteiger partial charge in [0.05, 0.1) is 12.2 Å². The summed E-state index contributed by atoms with van der Waals surface area (Å²) in [5, 5.41) is 6.46. The largest absolute Gasteiger partial charge is 0.375 e. The number of rotatable bonds is 9. The van der Waals surface area contributed by atoms with E-state index in [2.05, 4.69) is 61.4 Å². The van der Waals surface area contributed by atoms with E-state index < -0.39 is 0 Å². The van der Waals surface area contributed by atoms with Crippen LogP contribution in [0.5, 0.6) is 0 Å². The van der Waals surface area contributed by atoms with Crippen LogP contribution in [0.3, 0.4) is 0 Å². The molecule has 0 saturated heterocycles. The van der Waals surface area contributed by atoms with Gasteiger partial charge in [-0.1, -0.05) is 6.07 Å². The molecule has 7 nitrogen and oxygen atoms in total. The van der Waals surface area contributed by atoms with Crippen LogP contribution in [-0.4, -0.2) is 55.1 Å². The zero-order chi connectivity index (χ0) is 20.5. The molecular formula is C20H33IN6OS. The van der Waals surface area contributed by atoms with Gasteiger partial charge in [-0.2, -0.15) is 0 Å². The van der Waals surface area contributed by atoms with Crippen molar-refractivity contribution in [2.75, 3.05) is 39.2 Å². The van der Waals surface area contributed by atoms with Crippen LogP contribution in [0.1, 0.15) is 43.1 Å². The number of anilines is 1. The van der Waals surface area contributed by atoms with E-state index in [4.69, 9.17) is 4.74 Å². The van der Waals surface area contributed by atoms with Gasteiger partial charge in [0, 0.05) is 52.4 Å². The number of guanidine groups is 1. The smallest absolute Gasteiger partial charge is 0.194 e. The van der Waals surface area contributed by atoms with Crippen molar-refractivity contribution in [2.45, 2.75) is 40.0 Å². The maximum absolute atomic E-state index is 5.34. The average molecular weight is 532 g/mol. The summed E-state index contributed by atoms with van der Waals surface area (Å²) >= 11 is 1.63. The second-order valence-electron chi connectivity index (χ2n) is 6.51. The fraction of sp³-hybridized carbons (Fsp3) is 0.550. The van der Waals surface area contributed by atoms with Gasteiger partial charge < -0.3 is 19.9 Å². The van der Waals surface area contributed by atoms with Crippen LogP contribution >= 0.6 is 35.3 Å². The summed E-state index contributed by atoms with van der Waals surface area (Å²) in [5.74, 6) is 1.84. The molecule has 0 fully saturated rings. The summed E-state index contributed by atoms with van der Waals surface area (Å²) in [6, 6.07) is 4.18. The Morgan fingerprint density at radius 3 is 2.59 bits per heavy atom. The van der Waals surface area contributed by atoms with E-state index in [1.165, 1.54) is 0 Å². The van der Waals surface area contributed by atoms with Gasteiger partial charge in [-0.25, -0.2) is 9.97 Å². The van der Waals surface area contributed by atoms with E-state index in [0.29, 0.717) is 13.1 Å². The van der Waals surface area contributed by atoms with Gasteiger partial charge in [0.1, 0.15) is 16.9 Å². The Hall–Kier alpha value is -1.46. The lowest BCUT2D eigenvalue weighted by molar-refractivity contribution is 0.119. The minimum atomic E-state index is 0. The van der Waals surface area contributed by atoms with Crippen molar-refractivity contribution < 1.29 is 4.74 Å². The SMILES string of the molecule is CCN(CC)c1ccc(CNC(=NC)N(C)Cc2csc(C(C)OC)n2)cn1.I. The third kappa shape index (κ3) is 7.38. The predicted octanol–water partition coefficient (Wildman–Crippen LogP) is 3.92. The second-order valence-corrected chi connectivity index (χ2v) is 7.40. The standard InChI is InChI=1S/C20H32N6OS.HI/c1-7-26(8-2)18-10-9-16(11-22-18)12-23-20(21-4)25(5)13-17-14-28-19(24-17)15(3)27-6;/h9-11,14-15H,7-8,12-13H2,1-6H3,(H,21,23);1H. The van der Waals surface area contributed by atoms with Crippen LogP contribution in [0, 0.1) is 0 Å². The Morgan fingerprint density at radius 2 is 2.03 bits per heavy atom. The van der Waals surface area contributed by atoms with Crippen LogP contribution < -0.4 is 10.2 Å². The highest BCUT2D eigenvalue weighted by molar-refractivity contribution is 14.0. The Balaban J connectivity index is 0.00000420. The van der Waals surface area contributed by atoms with Crippen molar-refractivity contribution in [1.82, 2.24) is 20.2 Å². The lowest BCUT2D eigenvalue weighted by Crippen LogP contribution is -2.38. The maximum Gasteiger partial charge on any atom is 0.194 e. The molecule has 162 valence electrons. The monoisotopic (exact) mass is 532 g/mol. The Morgan fingerprint density at radius 1 is 1.31 bits per heavy atom. The Labute approximate surface area is 195 Å². The van der Waals surface area contributed by atoms with Gasteiger partial charge in [0.2, 0.25) is 0 Å². The molecule has 2 aromatic rings. The van der Waals surface area contributed by atoms with Gasteiger partial charge in [-0.3, -0.25) is 4.99 Å². The number of nitrogens with one attached hydrogen (secondary N) is 1. The lowest BCUT2D eigenvalue weighted by atomic mass is 10.2. The number of nitrogens with zero attached hydrogens (tertiary/aromatic N) is 5. The molecule has 0 aliphatic rings. The molecule has 0 bridgehead atoms. The molecule has 1 atom stereocenters. The highest BCUT2D eigenvalue weighted by Crippen LogP contribution is 2.21. The van der Waals surface area contributed by atoms with Gasteiger partial charge >= 0.3 is 0 Å². The predicted molar refractivity (Wildman–Crippen MR) is 132 cm³/mol. The van der Waals surface area contributed by atoms with Gasteiger partial charge in [0.15, 0.2) is 5.96 Å². The van der Waals surface area contributed by atoms with Crippen molar-refractivity contribution in [3.63, 3.8) is 0 Å². The van der Waals surface area contributed by atoms with E-state index in [1.54, 1.807) is 25.5 Å². The molecule has 9 heteroatoms. The Bertz CT molecular complexity index is 748. The third-order valence-corrected chi connectivity index (χ3v) is 5.65. The summed E-state index contributed by atoms with van der Waals surface area (Å²) in [6.07, 6.45) is 1.94. The van der Waals surface area contributed by atoms with Crippen LogP contribution in [-0.2, 0) is 17.8 Å². The molecule has 2 heterocycles. The van der Waals surface area contributed by atoms with E-state index in [1.807, 2.05) is 20.2 Å². The summed E-state index contributed by atoms with van der Waals surface area (Å²) < 4.78 is 5.34. The zero-order valence-corrected chi connectivity index (χ0v) is 21.3. The van der Waals surface area contributed by atoms with E-state index in [9.17, 15) is 0 Å². The normalized spacial score (nSPS) is 12.3. The maximum atomic E-state index is 5.34. The fourth-order valence-corrected chi connectivity index (χ4v) is 3.66. The molecule has 29 heavy (non-hydrogen) atoms. The topological polar surface area (TPSA) is 65.9 Å². The summed E-state index contributed by atoms with van der Waals surface area (Å²) in [6.45, 7) is 9.56. The first-order chi connectivity index (χ1) is 13.5. The van der Waals surface area contributed by atoms with Gasteiger partial charge in [-0.15, -0.1) is 35.3 Å². The second kappa shape index (κ2) is 13.0. The lowest BCUT2D eigenvalue weighted by Gasteiger charge is -2.22. The van der Waals surface area contributed by atoms with Gasteiger partial charge in [0.25, 0.3) is 0 Å². The quantitative estimate of drug-likeness (QED) is 0.300. The molecular weight excluding hydrogens is 499 g/mol. The molecule has 0 radical (unpaired) electrons. The van der Waals surface area contributed by atoms with Crippen LogP contribution in [0.2, 0.25) is 0 Å². The minimum Gasteiger partial charge on any atom is -0.375 e. The highest BCUT2D eigenvalue weighted by atomic mass is 127. The molecule has 0 saturated carbocycles. The summed E-state index contributed by atoms with van der Waals surface area (Å²) in [5.41, 5.74) is 2.13. The van der Waals surface area contributed by atoms with E-state index >= 15 is 0 Å². The zero-order valence-electron chi connectivity index (χ0n) is 18.2.